The van der Waals surface area contributed by atoms with Crippen molar-refractivity contribution in [3.63, 3.8) is 0 Å². The van der Waals surface area contributed by atoms with Gasteiger partial charge in [0.15, 0.2) is 0 Å². The van der Waals surface area contributed by atoms with E-state index in [-0.39, 0.29) is 11.4 Å². The van der Waals surface area contributed by atoms with Crippen molar-refractivity contribution in [3.05, 3.63) is 30.1 Å². The highest BCUT2D eigenvalue weighted by molar-refractivity contribution is 5.87. The molecule has 0 aliphatic carbocycles. The van der Waals surface area contributed by atoms with Gasteiger partial charge in [-0.05, 0) is 43.9 Å². The van der Waals surface area contributed by atoms with Crippen molar-refractivity contribution >= 4 is 5.91 Å². The van der Waals surface area contributed by atoms with Gasteiger partial charge in [0.1, 0.15) is 0 Å². The number of carbonyl (C=O) groups excluding carboxylic acids is 1. The first kappa shape index (κ1) is 13.0. The number of nitrogens with one attached hydrogen (secondary N) is 1. The summed E-state index contributed by atoms with van der Waals surface area (Å²) in [4.78, 5) is 17.9. The van der Waals surface area contributed by atoms with E-state index in [4.69, 9.17) is 0 Å². The maximum Gasteiger partial charge on any atom is 0.242 e. The summed E-state index contributed by atoms with van der Waals surface area (Å²) < 4.78 is 0. The molecule has 18 heavy (non-hydrogen) atoms. The summed E-state index contributed by atoms with van der Waals surface area (Å²) in [6.45, 7) is 0.951. The third-order valence-electron chi connectivity index (χ3n) is 3.62. The van der Waals surface area contributed by atoms with Gasteiger partial charge in [-0.3, -0.25) is 9.78 Å². The SMILES string of the molecule is CN(C)C(=O)[C@]1(CCCc2cccnc2)CCN1. The van der Waals surface area contributed by atoms with Gasteiger partial charge in [0.05, 0.1) is 5.54 Å². The Kier molecular flexibility index (Phi) is 3.97. The van der Waals surface area contributed by atoms with Crippen molar-refractivity contribution in [2.75, 3.05) is 20.6 Å². The normalized spacial score (nSPS) is 22.3. The van der Waals surface area contributed by atoms with Crippen LogP contribution in [0.5, 0.6) is 0 Å². The van der Waals surface area contributed by atoms with Crippen LogP contribution in [0.15, 0.2) is 24.5 Å². The number of carbonyl (C=O) groups is 1. The van der Waals surface area contributed by atoms with Crippen LogP contribution in [0.1, 0.15) is 24.8 Å². The first-order valence-electron chi connectivity index (χ1n) is 6.50. The van der Waals surface area contributed by atoms with Crippen molar-refractivity contribution in [2.45, 2.75) is 31.2 Å². The molecule has 1 aromatic rings. The quantitative estimate of drug-likeness (QED) is 0.851. The van der Waals surface area contributed by atoms with Crippen molar-refractivity contribution < 1.29 is 4.79 Å². The Morgan fingerprint density at radius 3 is 2.83 bits per heavy atom. The van der Waals surface area contributed by atoms with Gasteiger partial charge < -0.3 is 10.2 Å². The standard InChI is InChI=1S/C14H21N3O/c1-17(2)13(18)14(8-10-16-14)7-3-5-12-6-4-9-15-11-12/h4,6,9,11,16H,3,5,7-8,10H2,1-2H3/t14-/m0/s1. The molecule has 1 N–H and O–H groups in total. The minimum atomic E-state index is -0.300. The van der Waals surface area contributed by atoms with Gasteiger partial charge in [-0.2, -0.15) is 0 Å². The Labute approximate surface area is 108 Å². The summed E-state index contributed by atoms with van der Waals surface area (Å²) in [7, 11) is 3.65. The lowest BCUT2D eigenvalue weighted by molar-refractivity contribution is -0.139. The lowest BCUT2D eigenvalue weighted by Gasteiger charge is -2.43. The molecule has 1 saturated heterocycles. The molecule has 0 unspecified atom stereocenters. The van der Waals surface area contributed by atoms with Crippen molar-refractivity contribution in [2.24, 2.45) is 0 Å². The number of aromatic nitrogens is 1. The van der Waals surface area contributed by atoms with E-state index in [9.17, 15) is 4.79 Å². The van der Waals surface area contributed by atoms with E-state index in [1.807, 2.05) is 26.4 Å². The number of likely N-dealkylation sites (N-methyl/N-ethyl adjacent to an activating group) is 1. The molecule has 1 atom stereocenters. The van der Waals surface area contributed by atoms with Gasteiger partial charge in [-0.1, -0.05) is 6.07 Å². The molecule has 0 saturated carbocycles. The third-order valence-corrected chi connectivity index (χ3v) is 3.62. The van der Waals surface area contributed by atoms with E-state index in [2.05, 4.69) is 16.4 Å². The fraction of sp³-hybridized carbons (Fsp3) is 0.571. The molecule has 0 radical (unpaired) electrons. The fourth-order valence-corrected chi connectivity index (χ4v) is 2.50. The summed E-state index contributed by atoms with van der Waals surface area (Å²) in [5.41, 5.74) is 0.940. The van der Waals surface area contributed by atoms with Crippen LogP contribution < -0.4 is 5.32 Å². The van der Waals surface area contributed by atoms with Crippen LogP contribution in [-0.4, -0.2) is 42.0 Å². The van der Waals surface area contributed by atoms with Gasteiger partial charge in [0, 0.05) is 26.5 Å². The third kappa shape index (κ3) is 2.70. The van der Waals surface area contributed by atoms with Gasteiger partial charge in [-0.25, -0.2) is 0 Å². The molecule has 1 aromatic heterocycles. The second kappa shape index (κ2) is 5.48. The molecule has 1 fully saturated rings. The molecule has 0 bridgehead atoms. The fourth-order valence-electron chi connectivity index (χ4n) is 2.50. The number of hydrogen-bond acceptors (Lipinski definition) is 3. The first-order valence-corrected chi connectivity index (χ1v) is 6.50. The van der Waals surface area contributed by atoms with E-state index in [0.29, 0.717) is 0 Å². The molecular formula is C14H21N3O. The zero-order valence-electron chi connectivity index (χ0n) is 11.1. The molecule has 1 amide bonds. The Bertz CT molecular complexity index is 399. The average Bonchev–Trinajstić information content (AvgIpc) is 2.33. The highest BCUT2D eigenvalue weighted by Crippen LogP contribution is 2.27. The molecule has 2 heterocycles. The second-order valence-electron chi connectivity index (χ2n) is 5.17. The minimum absolute atomic E-state index is 0.208. The van der Waals surface area contributed by atoms with Crippen molar-refractivity contribution in [1.29, 1.82) is 0 Å². The topological polar surface area (TPSA) is 45.2 Å². The molecule has 4 heteroatoms. The van der Waals surface area contributed by atoms with Crippen molar-refractivity contribution in [3.8, 4) is 0 Å². The van der Waals surface area contributed by atoms with Gasteiger partial charge in [0.2, 0.25) is 5.91 Å². The number of rotatable bonds is 5. The van der Waals surface area contributed by atoms with E-state index in [1.165, 1.54) is 5.56 Å². The zero-order chi connectivity index (χ0) is 13.0. The van der Waals surface area contributed by atoms with Crippen LogP contribution in [0.3, 0.4) is 0 Å². The average molecular weight is 247 g/mol. The second-order valence-corrected chi connectivity index (χ2v) is 5.17. The highest BCUT2D eigenvalue weighted by atomic mass is 16.2. The monoisotopic (exact) mass is 247 g/mol. The van der Waals surface area contributed by atoms with Gasteiger partial charge >= 0.3 is 0 Å². The number of amides is 1. The largest absolute Gasteiger partial charge is 0.347 e. The number of aryl methyl sites for hydroxylation is 1. The van der Waals surface area contributed by atoms with E-state index in [1.54, 1.807) is 11.1 Å². The Morgan fingerprint density at radius 1 is 1.56 bits per heavy atom. The summed E-state index contributed by atoms with van der Waals surface area (Å²) in [5, 5.41) is 3.32. The zero-order valence-corrected chi connectivity index (χ0v) is 11.1. The molecular weight excluding hydrogens is 226 g/mol. The molecule has 98 valence electrons. The predicted molar refractivity (Wildman–Crippen MR) is 71.2 cm³/mol. The van der Waals surface area contributed by atoms with Crippen LogP contribution in [0, 0.1) is 0 Å². The van der Waals surface area contributed by atoms with E-state index >= 15 is 0 Å². The Balaban J connectivity index is 1.86. The summed E-state index contributed by atoms with van der Waals surface area (Å²) in [6.07, 6.45) is 7.54. The van der Waals surface area contributed by atoms with Crippen LogP contribution in [0.25, 0.3) is 0 Å². The van der Waals surface area contributed by atoms with Crippen LogP contribution in [0.2, 0.25) is 0 Å². The van der Waals surface area contributed by atoms with Gasteiger partial charge in [0.25, 0.3) is 0 Å². The van der Waals surface area contributed by atoms with E-state index < -0.39 is 0 Å². The van der Waals surface area contributed by atoms with Crippen LogP contribution in [0.4, 0.5) is 0 Å². The lowest BCUT2D eigenvalue weighted by Crippen LogP contribution is -2.65. The van der Waals surface area contributed by atoms with E-state index in [0.717, 1.165) is 32.2 Å². The van der Waals surface area contributed by atoms with Crippen molar-refractivity contribution in [1.82, 2.24) is 15.2 Å². The molecule has 1 aliphatic rings. The number of nitrogens with zero attached hydrogens (tertiary/aromatic N) is 2. The summed E-state index contributed by atoms with van der Waals surface area (Å²) >= 11 is 0. The van der Waals surface area contributed by atoms with Gasteiger partial charge in [-0.15, -0.1) is 0 Å². The highest BCUT2D eigenvalue weighted by Gasteiger charge is 2.43. The first-order chi connectivity index (χ1) is 8.64. The molecule has 1 aliphatic heterocycles. The predicted octanol–water partition coefficient (Wildman–Crippen LogP) is 1.22. The lowest BCUT2D eigenvalue weighted by atomic mass is 9.81. The summed E-state index contributed by atoms with van der Waals surface area (Å²) in [6, 6.07) is 4.04. The molecule has 0 spiro atoms. The molecule has 4 nitrogen and oxygen atoms in total. The molecule has 0 aromatic carbocycles. The Morgan fingerprint density at radius 2 is 2.33 bits per heavy atom. The number of pyridine rings is 1. The molecule has 2 rings (SSSR count). The number of hydrogen-bond donors (Lipinski definition) is 1. The summed E-state index contributed by atoms with van der Waals surface area (Å²) in [5.74, 6) is 0.208. The smallest absolute Gasteiger partial charge is 0.242 e. The minimum Gasteiger partial charge on any atom is -0.347 e. The Hall–Kier alpha value is -1.42. The maximum atomic E-state index is 12.1. The van der Waals surface area contributed by atoms with Crippen LogP contribution >= 0.6 is 0 Å². The van der Waals surface area contributed by atoms with Crippen LogP contribution in [-0.2, 0) is 11.2 Å². The maximum absolute atomic E-state index is 12.1.